The van der Waals surface area contributed by atoms with Gasteiger partial charge in [-0.1, -0.05) is 17.8 Å². The Bertz CT molecular complexity index is 1200. The predicted octanol–water partition coefficient (Wildman–Crippen LogP) is 4.71. The van der Waals surface area contributed by atoms with E-state index in [1.54, 1.807) is 24.3 Å². The molecule has 1 aromatic carbocycles. The quantitative estimate of drug-likeness (QED) is 0.299. The van der Waals surface area contributed by atoms with E-state index >= 15 is 0 Å². The van der Waals surface area contributed by atoms with Crippen molar-refractivity contribution >= 4 is 29.2 Å². The molecule has 0 bridgehead atoms. The Morgan fingerprint density at radius 3 is 2.58 bits per heavy atom. The molecule has 9 nitrogen and oxygen atoms in total. The molecule has 0 amide bonds. The fourth-order valence-corrected chi connectivity index (χ4v) is 5.22. The van der Waals surface area contributed by atoms with Gasteiger partial charge in [0.05, 0.1) is 17.6 Å². The molecule has 14 heteroatoms. The van der Waals surface area contributed by atoms with Crippen molar-refractivity contribution < 1.29 is 17.6 Å². The normalized spacial score (nSPS) is 17.7. The van der Waals surface area contributed by atoms with E-state index in [4.69, 9.17) is 0 Å². The highest BCUT2D eigenvalue weighted by atomic mass is 32.2. The van der Waals surface area contributed by atoms with E-state index in [1.165, 1.54) is 4.68 Å². The van der Waals surface area contributed by atoms with Gasteiger partial charge in [0.2, 0.25) is 11.1 Å². The number of thioether (sulfide) groups is 1. The van der Waals surface area contributed by atoms with Gasteiger partial charge in [0.15, 0.2) is 11.6 Å². The van der Waals surface area contributed by atoms with Crippen molar-refractivity contribution in [3.8, 4) is 5.69 Å². The summed E-state index contributed by atoms with van der Waals surface area (Å²) in [5.74, 6) is -1.43. The number of hydrogen-bond acceptors (Lipinski definition) is 9. The van der Waals surface area contributed by atoms with E-state index in [0.717, 1.165) is 19.0 Å². The molecule has 4 rings (SSSR count). The van der Waals surface area contributed by atoms with Crippen LogP contribution in [-0.4, -0.2) is 59.2 Å². The van der Waals surface area contributed by atoms with Crippen molar-refractivity contribution in [1.82, 2.24) is 35.5 Å². The molecule has 0 aliphatic carbocycles. The highest BCUT2D eigenvalue weighted by Crippen LogP contribution is 2.31. The number of nitrogens with zero attached hydrogens (tertiary/aromatic N) is 6. The maximum absolute atomic E-state index is 14.6. The number of benzene rings is 1. The summed E-state index contributed by atoms with van der Waals surface area (Å²) in [7, 11) is 0. The number of rotatable bonds is 7. The van der Waals surface area contributed by atoms with E-state index in [9.17, 15) is 17.6 Å². The molecule has 0 atom stereocenters. The summed E-state index contributed by atoms with van der Waals surface area (Å²) in [6.45, 7) is 8.43. The van der Waals surface area contributed by atoms with Crippen LogP contribution in [0.3, 0.4) is 0 Å². The third-order valence-electron chi connectivity index (χ3n) is 5.43. The van der Waals surface area contributed by atoms with E-state index in [2.05, 4.69) is 69.1 Å². The standard InChI is InChI=1S/C22H27F4N9S/c1-20(2)9-14(10-21(3,4)32-20)28-17-16(23)11-27-18(30-17)29-13-6-5-7-15(8-13)35-19(31-33-34-35)36-12-22(24,25)26/h5-8,11,14,32H,9-10,12H2,1-4H3,(H2,27,28,29,30). The zero-order valence-electron chi connectivity index (χ0n) is 20.2. The van der Waals surface area contributed by atoms with Crippen LogP contribution in [0.4, 0.5) is 35.0 Å². The van der Waals surface area contributed by atoms with Crippen molar-refractivity contribution in [2.45, 2.75) is 69.0 Å². The summed E-state index contributed by atoms with van der Waals surface area (Å²) < 4.78 is 53.6. The van der Waals surface area contributed by atoms with E-state index in [-0.39, 0.29) is 34.0 Å². The Kier molecular flexibility index (Phi) is 7.10. The smallest absolute Gasteiger partial charge is 0.365 e. The molecule has 3 heterocycles. The maximum atomic E-state index is 14.6. The molecule has 1 aliphatic rings. The lowest BCUT2D eigenvalue weighted by Gasteiger charge is -2.46. The number of nitrogens with one attached hydrogen (secondary N) is 3. The van der Waals surface area contributed by atoms with Gasteiger partial charge in [-0.15, -0.1) is 5.10 Å². The Hall–Kier alpha value is -3.00. The largest absolute Gasteiger partial charge is 0.398 e. The van der Waals surface area contributed by atoms with Crippen molar-refractivity contribution in [3.63, 3.8) is 0 Å². The summed E-state index contributed by atoms with van der Waals surface area (Å²) in [5, 5.41) is 20.8. The van der Waals surface area contributed by atoms with E-state index in [0.29, 0.717) is 23.1 Å². The summed E-state index contributed by atoms with van der Waals surface area (Å²) in [6, 6.07) is 6.68. The van der Waals surface area contributed by atoms with Crippen LogP contribution >= 0.6 is 11.8 Å². The summed E-state index contributed by atoms with van der Waals surface area (Å²) in [6.07, 6.45) is -1.70. The number of piperidine rings is 1. The minimum Gasteiger partial charge on any atom is -0.365 e. The first-order valence-electron chi connectivity index (χ1n) is 11.2. The van der Waals surface area contributed by atoms with Crippen molar-refractivity contribution in [2.24, 2.45) is 0 Å². The summed E-state index contributed by atoms with van der Waals surface area (Å²) in [5.41, 5.74) is 0.709. The number of halogens is 4. The SMILES string of the molecule is CC1(C)CC(Nc2nc(Nc3cccc(-n4nnnc4SCC(F)(F)F)c3)ncc2F)CC(C)(C)N1. The molecule has 0 unspecified atom stereocenters. The molecule has 2 aromatic heterocycles. The van der Waals surface area contributed by atoms with Gasteiger partial charge in [-0.05, 0) is 69.2 Å². The Balaban J connectivity index is 1.50. The fraction of sp³-hybridized carbons (Fsp3) is 0.500. The highest BCUT2D eigenvalue weighted by molar-refractivity contribution is 7.99. The lowest BCUT2D eigenvalue weighted by atomic mass is 9.79. The van der Waals surface area contributed by atoms with Gasteiger partial charge >= 0.3 is 6.18 Å². The number of aromatic nitrogens is 6. The van der Waals surface area contributed by atoms with Gasteiger partial charge in [0, 0.05) is 22.8 Å². The zero-order valence-corrected chi connectivity index (χ0v) is 21.0. The third kappa shape index (κ3) is 6.81. The second kappa shape index (κ2) is 9.81. The molecule has 1 aliphatic heterocycles. The fourth-order valence-electron chi connectivity index (χ4n) is 4.57. The third-order valence-corrected chi connectivity index (χ3v) is 6.41. The Morgan fingerprint density at radius 2 is 1.89 bits per heavy atom. The van der Waals surface area contributed by atoms with Crippen molar-refractivity contribution in [3.05, 3.63) is 36.3 Å². The molecule has 0 saturated carbocycles. The van der Waals surface area contributed by atoms with Crippen LogP contribution in [0.5, 0.6) is 0 Å². The van der Waals surface area contributed by atoms with E-state index in [1.807, 2.05) is 0 Å². The molecule has 36 heavy (non-hydrogen) atoms. The van der Waals surface area contributed by atoms with Crippen LogP contribution in [0.25, 0.3) is 5.69 Å². The van der Waals surface area contributed by atoms with Gasteiger partial charge in [0.1, 0.15) is 0 Å². The Morgan fingerprint density at radius 1 is 1.17 bits per heavy atom. The highest BCUT2D eigenvalue weighted by Gasteiger charge is 2.38. The average molecular weight is 526 g/mol. The van der Waals surface area contributed by atoms with Crippen LogP contribution < -0.4 is 16.0 Å². The first-order valence-corrected chi connectivity index (χ1v) is 12.2. The first kappa shape index (κ1) is 26.1. The van der Waals surface area contributed by atoms with Gasteiger partial charge < -0.3 is 16.0 Å². The number of tetrazole rings is 1. The molecule has 0 radical (unpaired) electrons. The lowest BCUT2D eigenvalue weighted by Crippen LogP contribution is -2.60. The van der Waals surface area contributed by atoms with Gasteiger partial charge in [0.25, 0.3) is 0 Å². The maximum Gasteiger partial charge on any atom is 0.398 e. The molecule has 3 N–H and O–H groups in total. The predicted molar refractivity (Wildman–Crippen MR) is 129 cm³/mol. The molecule has 0 spiro atoms. The monoisotopic (exact) mass is 525 g/mol. The topological polar surface area (TPSA) is 105 Å². The summed E-state index contributed by atoms with van der Waals surface area (Å²) >= 11 is 0.487. The number of alkyl halides is 3. The minimum atomic E-state index is -4.35. The number of anilines is 3. The Labute approximate surface area is 209 Å². The van der Waals surface area contributed by atoms with Gasteiger partial charge in [-0.3, -0.25) is 0 Å². The molecular formula is C22H27F4N9S. The van der Waals surface area contributed by atoms with Crippen molar-refractivity contribution in [2.75, 3.05) is 16.4 Å². The van der Waals surface area contributed by atoms with E-state index < -0.39 is 17.7 Å². The van der Waals surface area contributed by atoms with Crippen LogP contribution in [-0.2, 0) is 0 Å². The van der Waals surface area contributed by atoms with Crippen LogP contribution in [0.15, 0.2) is 35.6 Å². The van der Waals surface area contributed by atoms with Crippen molar-refractivity contribution in [1.29, 1.82) is 0 Å². The van der Waals surface area contributed by atoms with Gasteiger partial charge in [-0.2, -0.15) is 22.8 Å². The zero-order chi connectivity index (χ0) is 26.1. The van der Waals surface area contributed by atoms with Crippen LogP contribution in [0.2, 0.25) is 0 Å². The molecule has 3 aromatic rings. The van der Waals surface area contributed by atoms with Gasteiger partial charge in [-0.25, -0.2) is 9.37 Å². The minimum absolute atomic E-state index is 0.00168. The van der Waals surface area contributed by atoms with Crippen LogP contribution in [0, 0.1) is 5.82 Å². The van der Waals surface area contributed by atoms with Crippen LogP contribution in [0.1, 0.15) is 40.5 Å². The second-order valence-corrected chi connectivity index (χ2v) is 10.9. The molecule has 1 saturated heterocycles. The lowest BCUT2D eigenvalue weighted by molar-refractivity contribution is -0.105. The summed E-state index contributed by atoms with van der Waals surface area (Å²) in [4.78, 5) is 8.34. The second-order valence-electron chi connectivity index (χ2n) is 9.98. The molecule has 194 valence electrons. The average Bonchev–Trinajstić information content (AvgIpc) is 3.21. The first-order chi connectivity index (χ1) is 16.8. The molecule has 1 fully saturated rings. The molecular weight excluding hydrogens is 498 g/mol. The number of hydrogen-bond donors (Lipinski definition) is 3.